The molecule has 0 amide bonds. The van der Waals surface area contributed by atoms with Crippen LogP contribution in [0.2, 0.25) is 0 Å². The van der Waals surface area contributed by atoms with Gasteiger partial charge in [-0.2, -0.15) is 0 Å². The van der Waals surface area contributed by atoms with Crippen LogP contribution in [0.25, 0.3) is 16.9 Å². The van der Waals surface area contributed by atoms with Gasteiger partial charge in [-0.25, -0.2) is 9.55 Å². The maximum Gasteiger partial charge on any atom is 0.213 e. The molecule has 0 fully saturated rings. The Morgan fingerprint density at radius 3 is 2.77 bits per heavy atom. The van der Waals surface area contributed by atoms with Gasteiger partial charge in [0.2, 0.25) is 5.69 Å². The molecule has 3 heteroatoms. The summed E-state index contributed by atoms with van der Waals surface area (Å²) in [6, 6.07) is 6.73. The molecule has 1 aromatic carbocycles. The molecule has 3 aromatic rings. The molecule has 3 nitrogen and oxygen atoms in total. The fourth-order valence-electron chi connectivity index (χ4n) is 3.67. The van der Waals surface area contributed by atoms with E-state index in [0.29, 0.717) is 0 Å². The monoisotopic (exact) mass is 290 g/mol. The van der Waals surface area contributed by atoms with Gasteiger partial charge in [0.25, 0.3) is 0 Å². The van der Waals surface area contributed by atoms with Crippen molar-refractivity contribution in [1.82, 2.24) is 9.55 Å². The van der Waals surface area contributed by atoms with Crippen molar-refractivity contribution in [2.45, 2.75) is 27.2 Å². The van der Waals surface area contributed by atoms with Crippen molar-refractivity contribution < 1.29 is 4.57 Å². The fourth-order valence-corrected chi connectivity index (χ4v) is 3.67. The molecule has 0 saturated carbocycles. The summed E-state index contributed by atoms with van der Waals surface area (Å²) in [5.74, 6) is 1.14. The molecule has 0 aliphatic carbocycles. The summed E-state index contributed by atoms with van der Waals surface area (Å²) >= 11 is 0. The van der Waals surface area contributed by atoms with Crippen molar-refractivity contribution in [1.29, 1.82) is 0 Å². The molecule has 110 valence electrons. The first-order valence-electron chi connectivity index (χ1n) is 7.68. The van der Waals surface area contributed by atoms with Crippen molar-refractivity contribution in [2.75, 3.05) is 0 Å². The largest absolute Gasteiger partial charge is 0.303 e. The van der Waals surface area contributed by atoms with Crippen LogP contribution in [0, 0.1) is 20.8 Å². The van der Waals surface area contributed by atoms with Crippen LogP contribution in [0.3, 0.4) is 0 Å². The zero-order valence-corrected chi connectivity index (χ0v) is 13.5. The number of fused-ring (bicyclic) bond motifs is 3. The maximum absolute atomic E-state index is 4.51. The van der Waals surface area contributed by atoms with Gasteiger partial charge in [-0.15, -0.1) is 0 Å². The quantitative estimate of drug-likeness (QED) is 0.493. The minimum Gasteiger partial charge on any atom is -0.303 e. The van der Waals surface area contributed by atoms with Crippen molar-refractivity contribution in [3.05, 3.63) is 64.9 Å². The Morgan fingerprint density at radius 1 is 1.14 bits per heavy atom. The van der Waals surface area contributed by atoms with Gasteiger partial charge in [0.05, 0.1) is 11.3 Å². The van der Waals surface area contributed by atoms with Crippen LogP contribution >= 0.6 is 0 Å². The minimum absolute atomic E-state index is 0.911. The van der Waals surface area contributed by atoms with Crippen molar-refractivity contribution in [3.8, 4) is 16.9 Å². The Kier molecular flexibility index (Phi) is 2.73. The number of rotatable bonds is 1. The van der Waals surface area contributed by atoms with Crippen LogP contribution in [-0.2, 0) is 13.5 Å². The Balaban J connectivity index is 2.06. The van der Waals surface area contributed by atoms with E-state index in [-0.39, 0.29) is 0 Å². The minimum atomic E-state index is 0.911. The highest BCUT2D eigenvalue weighted by atomic mass is 15.1. The number of hydrogen-bond donors (Lipinski definition) is 0. The Hall–Kier alpha value is -2.42. The molecular weight excluding hydrogens is 270 g/mol. The summed E-state index contributed by atoms with van der Waals surface area (Å²) in [6.45, 7) is 6.56. The summed E-state index contributed by atoms with van der Waals surface area (Å²) in [7, 11) is 2.12. The Morgan fingerprint density at radius 2 is 1.95 bits per heavy atom. The number of hydrogen-bond acceptors (Lipinski definition) is 1. The third-order valence-corrected chi connectivity index (χ3v) is 4.64. The van der Waals surface area contributed by atoms with Crippen LogP contribution < -0.4 is 4.57 Å². The molecule has 22 heavy (non-hydrogen) atoms. The molecule has 2 aromatic heterocycles. The van der Waals surface area contributed by atoms with Crippen LogP contribution in [-0.4, -0.2) is 9.55 Å². The molecule has 1 aliphatic heterocycles. The first-order chi connectivity index (χ1) is 10.6. The first-order valence-corrected chi connectivity index (χ1v) is 7.68. The molecule has 0 saturated heterocycles. The second-order valence-electron chi connectivity index (χ2n) is 6.30. The van der Waals surface area contributed by atoms with Crippen LogP contribution in [0.15, 0.2) is 36.8 Å². The van der Waals surface area contributed by atoms with Gasteiger partial charge < -0.3 is 4.57 Å². The normalized spacial score (nSPS) is 12.4. The number of imidazole rings is 1. The predicted octanol–water partition coefficient (Wildman–Crippen LogP) is 3.19. The van der Waals surface area contributed by atoms with Crippen LogP contribution in [0.1, 0.15) is 28.1 Å². The van der Waals surface area contributed by atoms with E-state index in [4.69, 9.17) is 0 Å². The highest BCUT2D eigenvalue weighted by Gasteiger charge is 2.28. The maximum atomic E-state index is 4.51. The molecule has 0 bridgehead atoms. The van der Waals surface area contributed by atoms with Gasteiger partial charge in [-0.3, -0.25) is 0 Å². The lowest BCUT2D eigenvalue weighted by Crippen LogP contribution is -2.31. The number of nitrogens with zero attached hydrogens (tertiary/aromatic N) is 3. The predicted molar refractivity (Wildman–Crippen MR) is 87.2 cm³/mol. The SMILES string of the molecule is Cc1cc[n+](C)c(-c2c(C)cc(C)c3c2Cc2nccn2-3)c1. The van der Waals surface area contributed by atoms with E-state index in [1.807, 2.05) is 6.20 Å². The first kappa shape index (κ1) is 13.3. The molecule has 0 spiro atoms. The van der Waals surface area contributed by atoms with E-state index < -0.39 is 0 Å². The van der Waals surface area contributed by atoms with Crippen LogP contribution in [0.4, 0.5) is 0 Å². The zero-order valence-electron chi connectivity index (χ0n) is 13.5. The molecule has 4 rings (SSSR count). The smallest absolute Gasteiger partial charge is 0.213 e. The van der Waals surface area contributed by atoms with E-state index in [2.05, 4.69) is 72.5 Å². The molecule has 1 aliphatic rings. The van der Waals surface area contributed by atoms with Gasteiger partial charge in [-0.05, 0) is 43.0 Å². The molecule has 0 radical (unpaired) electrons. The molecule has 0 unspecified atom stereocenters. The lowest BCUT2D eigenvalue weighted by Gasteiger charge is -2.14. The van der Waals surface area contributed by atoms with Gasteiger partial charge in [-0.1, -0.05) is 6.07 Å². The number of aryl methyl sites for hydroxylation is 4. The lowest BCUT2D eigenvalue weighted by atomic mass is 9.92. The fraction of sp³-hybridized carbons (Fsp3) is 0.263. The molecular formula is C19H20N3+. The second kappa shape index (κ2) is 4.54. The third kappa shape index (κ3) is 1.75. The Labute approximate surface area is 130 Å². The summed E-state index contributed by atoms with van der Waals surface area (Å²) < 4.78 is 4.45. The number of pyridine rings is 1. The number of aromatic nitrogens is 3. The molecule has 0 atom stereocenters. The van der Waals surface area contributed by atoms with E-state index >= 15 is 0 Å². The van der Waals surface area contributed by atoms with E-state index in [1.54, 1.807) is 0 Å². The van der Waals surface area contributed by atoms with E-state index in [1.165, 1.54) is 39.2 Å². The van der Waals surface area contributed by atoms with E-state index in [9.17, 15) is 0 Å². The Bertz CT molecular complexity index is 903. The topological polar surface area (TPSA) is 21.7 Å². The van der Waals surface area contributed by atoms with Crippen LogP contribution in [0.5, 0.6) is 0 Å². The average molecular weight is 290 g/mol. The van der Waals surface area contributed by atoms with E-state index in [0.717, 1.165) is 12.2 Å². The van der Waals surface area contributed by atoms with Gasteiger partial charge >= 0.3 is 0 Å². The van der Waals surface area contributed by atoms with Crippen molar-refractivity contribution in [3.63, 3.8) is 0 Å². The summed E-state index contributed by atoms with van der Waals surface area (Å²) in [4.78, 5) is 4.51. The van der Waals surface area contributed by atoms with Gasteiger partial charge in [0.1, 0.15) is 12.9 Å². The second-order valence-corrected chi connectivity index (χ2v) is 6.30. The molecule has 0 N–H and O–H groups in total. The zero-order chi connectivity index (χ0) is 15.4. The summed E-state index contributed by atoms with van der Waals surface area (Å²) in [5.41, 5.74) is 9.30. The summed E-state index contributed by atoms with van der Waals surface area (Å²) in [6.07, 6.45) is 7.02. The number of benzene rings is 1. The van der Waals surface area contributed by atoms with Crippen molar-refractivity contribution >= 4 is 0 Å². The van der Waals surface area contributed by atoms with Gasteiger partial charge in [0, 0.05) is 30.9 Å². The van der Waals surface area contributed by atoms with Crippen molar-refractivity contribution in [2.24, 2.45) is 7.05 Å². The highest BCUT2D eigenvalue weighted by Crippen LogP contribution is 2.38. The van der Waals surface area contributed by atoms with Gasteiger partial charge in [0.15, 0.2) is 6.20 Å². The summed E-state index contributed by atoms with van der Waals surface area (Å²) in [5, 5.41) is 0. The standard InChI is InChI=1S/C19H20N3/c1-12-5-7-21(4)16(9-12)18-13(2)10-14(3)19-15(18)11-17-20-6-8-22(17)19/h5-10H,11H2,1-4H3/q+1. The molecule has 3 heterocycles. The lowest BCUT2D eigenvalue weighted by molar-refractivity contribution is -0.660. The average Bonchev–Trinajstić information content (AvgIpc) is 3.02. The highest BCUT2D eigenvalue weighted by molar-refractivity contribution is 5.75. The third-order valence-electron chi connectivity index (χ3n) is 4.64.